The van der Waals surface area contributed by atoms with E-state index in [0.29, 0.717) is 6.07 Å². The van der Waals surface area contributed by atoms with Crippen LogP contribution in [0.4, 0.5) is 33.3 Å². The fourth-order valence-electron chi connectivity index (χ4n) is 1.27. The van der Waals surface area contributed by atoms with Crippen LogP contribution in [0.2, 0.25) is 0 Å². The van der Waals surface area contributed by atoms with Gasteiger partial charge in [-0.05, 0) is 0 Å². The summed E-state index contributed by atoms with van der Waals surface area (Å²) in [5, 5.41) is 12.3. The number of methoxy groups -OCH3 is 1. The first-order valence-corrected chi connectivity index (χ1v) is 5.10. The molecule has 0 fully saturated rings. The third-order valence-electron chi connectivity index (χ3n) is 2.30. The van der Waals surface area contributed by atoms with Gasteiger partial charge >= 0.3 is 18.0 Å². The van der Waals surface area contributed by atoms with Gasteiger partial charge in [0.15, 0.2) is 11.6 Å². The molecule has 0 aliphatic rings. The second kappa shape index (κ2) is 5.88. The molecule has 10 heteroatoms. The van der Waals surface area contributed by atoms with Crippen LogP contribution in [0.25, 0.3) is 0 Å². The molecule has 112 valence electrons. The Morgan fingerprint density at radius 3 is 2.50 bits per heavy atom. The van der Waals surface area contributed by atoms with Gasteiger partial charge in [-0.3, -0.25) is 10.1 Å². The molecular weight excluding hydrogens is 291 g/mol. The summed E-state index contributed by atoms with van der Waals surface area (Å²) in [4.78, 5) is 9.64. The zero-order valence-electron chi connectivity index (χ0n) is 10.0. The van der Waals surface area contributed by atoms with Gasteiger partial charge in [0.25, 0.3) is 0 Å². The van der Waals surface area contributed by atoms with Gasteiger partial charge in [0.1, 0.15) is 0 Å². The minimum absolute atomic E-state index is 0.390. The molecule has 0 bridgehead atoms. The molecule has 1 N–H and O–H groups in total. The number of nitrogens with zero attached hydrogens (tertiary/aromatic N) is 1. The summed E-state index contributed by atoms with van der Waals surface area (Å²) >= 11 is 0. The Labute approximate surface area is 109 Å². The molecule has 1 rings (SSSR count). The summed E-state index contributed by atoms with van der Waals surface area (Å²) in [6.45, 7) is -1.53. The van der Waals surface area contributed by atoms with Crippen LogP contribution < -0.4 is 10.1 Å². The average molecular weight is 300 g/mol. The number of rotatable bonds is 6. The molecule has 0 amide bonds. The summed E-state index contributed by atoms with van der Waals surface area (Å²) in [5.74, 6) is -5.98. The highest BCUT2D eigenvalue weighted by molar-refractivity contribution is 5.59. The van der Waals surface area contributed by atoms with E-state index in [4.69, 9.17) is 0 Å². The highest BCUT2D eigenvalue weighted by atomic mass is 19.3. The van der Waals surface area contributed by atoms with Crippen molar-refractivity contribution in [3.8, 4) is 5.75 Å². The normalized spacial score (nSPS) is 11.6. The second-order valence-corrected chi connectivity index (χ2v) is 3.68. The lowest BCUT2D eigenvalue weighted by molar-refractivity contribution is -0.385. The maximum absolute atomic E-state index is 13.4. The summed E-state index contributed by atoms with van der Waals surface area (Å²) < 4.78 is 67.3. The van der Waals surface area contributed by atoms with Crippen LogP contribution in [0.3, 0.4) is 0 Å². The van der Waals surface area contributed by atoms with Crippen LogP contribution in [0, 0.1) is 15.9 Å². The maximum Gasteiger partial charge on any atom is 0.324 e. The molecule has 0 atom stereocenters. The number of hydrogen-bond acceptors (Lipinski definition) is 4. The lowest BCUT2D eigenvalue weighted by Gasteiger charge is -2.17. The zero-order chi connectivity index (χ0) is 15.5. The van der Waals surface area contributed by atoms with E-state index < -0.39 is 41.0 Å². The lowest BCUT2D eigenvalue weighted by Crippen LogP contribution is -2.35. The molecule has 0 aromatic heterocycles. The minimum atomic E-state index is -4.36. The lowest BCUT2D eigenvalue weighted by atomic mass is 10.2. The van der Waals surface area contributed by atoms with E-state index in [1.165, 1.54) is 0 Å². The molecule has 0 heterocycles. The highest BCUT2D eigenvalue weighted by Crippen LogP contribution is 2.33. The molecule has 0 radical (unpaired) electrons. The molecule has 0 spiro atoms. The SMILES string of the molecule is COc1cc(NCC(F)(F)C(F)F)c(F)cc1[N+](=O)[O-]. The Morgan fingerprint density at radius 2 is 2.05 bits per heavy atom. The van der Waals surface area contributed by atoms with E-state index in [-0.39, 0.29) is 5.75 Å². The van der Waals surface area contributed by atoms with Crippen molar-refractivity contribution in [2.45, 2.75) is 12.3 Å². The molecule has 0 saturated heterocycles. The van der Waals surface area contributed by atoms with Crippen molar-refractivity contribution < 1.29 is 31.6 Å². The Bertz CT molecular complexity index is 510. The standard InChI is InChI=1S/C10H9F5N2O3/c1-20-8-3-6(5(11)2-7(8)17(18)19)16-4-10(14,15)9(12)13/h2-3,9,16H,4H2,1H3. The molecule has 5 nitrogen and oxygen atoms in total. The van der Waals surface area contributed by atoms with Crippen molar-refractivity contribution in [3.63, 3.8) is 0 Å². The van der Waals surface area contributed by atoms with Crippen LogP contribution in [-0.2, 0) is 0 Å². The first-order chi connectivity index (χ1) is 9.19. The predicted octanol–water partition coefficient (Wildman–Crippen LogP) is 3.05. The summed E-state index contributed by atoms with van der Waals surface area (Å²) in [5.41, 5.74) is -1.32. The van der Waals surface area contributed by atoms with Crippen molar-refractivity contribution in [1.82, 2.24) is 0 Å². The smallest absolute Gasteiger partial charge is 0.324 e. The molecule has 1 aromatic rings. The number of hydrogen-bond donors (Lipinski definition) is 1. The van der Waals surface area contributed by atoms with Gasteiger partial charge in [-0.25, -0.2) is 13.2 Å². The van der Waals surface area contributed by atoms with Crippen LogP contribution in [0.15, 0.2) is 12.1 Å². The fourth-order valence-corrected chi connectivity index (χ4v) is 1.27. The number of nitro benzene ring substituents is 1. The van der Waals surface area contributed by atoms with Crippen molar-refractivity contribution in [1.29, 1.82) is 0 Å². The number of benzene rings is 1. The van der Waals surface area contributed by atoms with Gasteiger partial charge in [-0.15, -0.1) is 0 Å². The molecule has 0 unspecified atom stereocenters. The summed E-state index contributed by atoms with van der Waals surface area (Å²) in [6, 6.07) is 1.19. The van der Waals surface area contributed by atoms with Gasteiger partial charge in [-0.1, -0.05) is 0 Å². The topological polar surface area (TPSA) is 64.4 Å². The van der Waals surface area contributed by atoms with Crippen LogP contribution in [0.1, 0.15) is 0 Å². The fraction of sp³-hybridized carbons (Fsp3) is 0.400. The van der Waals surface area contributed by atoms with Crippen LogP contribution in [-0.4, -0.2) is 30.9 Å². The third kappa shape index (κ3) is 3.45. The van der Waals surface area contributed by atoms with Gasteiger partial charge in [0.05, 0.1) is 30.3 Å². The first kappa shape index (κ1) is 15.9. The minimum Gasteiger partial charge on any atom is -0.490 e. The number of nitro groups is 1. The van der Waals surface area contributed by atoms with Crippen molar-refractivity contribution in [2.24, 2.45) is 0 Å². The van der Waals surface area contributed by atoms with E-state index in [9.17, 15) is 32.1 Å². The Hall–Kier alpha value is -2.13. The van der Waals surface area contributed by atoms with Gasteiger partial charge in [0, 0.05) is 6.07 Å². The Morgan fingerprint density at radius 1 is 1.45 bits per heavy atom. The number of anilines is 1. The Balaban J connectivity index is 3.00. The van der Waals surface area contributed by atoms with Gasteiger partial charge < -0.3 is 10.1 Å². The highest BCUT2D eigenvalue weighted by Gasteiger charge is 2.40. The largest absolute Gasteiger partial charge is 0.490 e. The maximum atomic E-state index is 13.4. The van der Waals surface area contributed by atoms with Crippen LogP contribution in [0.5, 0.6) is 5.75 Å². The van der Waals surface area contributed by atoms with E-state index in [0.717, 1.165) is 13.2 Å². The molecule has 0 aliphatic heterocycles. The van der Waals surface area contributed by atoms with Gasteiger partial charge in [-0.2, -0.15) is 8.78 Å². The monoisotopic (exact) mass is 300 g/mol. The van der Waals surface area contributed by atoms with Crippen molar-refractivity contribution in [3.05, 3.63) is 28.1 Å². The van der Waals surface area contributed by atoms with E-state index in [2.05, 4.69) is 4.74 Å². The third-order valence-corrected chi connectivity index (χ3v) is 2.30. The van der Waals surface area contributed by atoms with E-state index >= 15 is 0 Å². The molecule has 0 aliphatic carbocycles. The molecule has 0 saturated carbocycles. The molecular formula is C10H9F5N2O3. The van der Waals surface area contributed by atoms with E-state index in [1.54, 1.807) is 5.32 Å². The predicted molar refractivity (Wildman–Crippen MR) is 59.0 cm³/mol. The first-order valence-electron chi connectivity index (χ1n) is 5.10. The molecule has 1 aromatic carbocycles. The van der Waals surface area contributed by atoms with Crippen molar-refractivity contribution >= 4 is 11.4 Å². The number of ether oxygens (including phenoxy) is 1. The number of halogens is 5. The van der Waals surface area contributed by atoms with Crippen LogP contribution >= 0.6 is 0 Å². The van der Waals surface area contributed by atoms with Crippen molar-refractivity contribution in [2.75, 3.05) is 19.0 Å². The molecule has 20 heavy (non-hydrogen) atoms. The number of nitrogens with one attached hydrogen (secondary N) is 1. The number of alkyl halides is 4. The second-order valence-electron chi connectivity index (χ2n) is 3.68. The summed E-state index contributed by atoms with van der Waals surface area (Å²) in [7, 11) is 1.05. The summed E-state index contributed by atoms with van der Waals surface area (Å²) in [6.07, 6.45) is -3.92. The van der Waals surface area contributed by atoms with E-state index in [1.807, 2.05) is 0 Å². The quantitative estimate of drug-likeness (QED) is 0.498. The zero-order valence-corrected chi connectivity index (χ0v) is 10.0. The Kier molecular flexibility index (Phi) is 4.69. The van der Waals surface area contributed by atoms with Gasteiger partial charge in [0.2, 0.25) is 0 Å². The average Bonchev–Trinajstić information content (AvgIpc) is 2.36.